The second-order valence-electron chi connectivity index (χ2n) is 3.76. The van der Waals surface area contributed by atoms with Crippen LogP contribution in [0.4, 0.5) is 13.2 Å². The molecule has 0 bridgehead atoms. The minimum atomic E-state index is -5.73. The zero-order valence-electron chi connectivity index (χ0n) is 9.89. The van der Waals surface area contributed by atoms with Gasteiger partial charge in [0, 0.05) is 5.88 Å². The van der Waals surface area contributed by atoms with E-state index in [4.69, 9.17) is 11.6 Å². The molecule has 0 fully saturated rings. The first-order chi connectivity index (χ1) is 9.04. The van der Waals surface area contributed by atoms with E-state index in [2.05, 4.69) is 0 Å². The van der Waals surface area contributed by atoms with E-state index in [1.807, 2.05) is 0 Å². The summed E-state index contributed by atoms with van der Waals surface area (Å²) < 4.78 is 84.2. The smallest absolute Gasteiger partial charge is 0.224 e. The average Bonchev–Trinajstić information content (AvgIpc) is 2.35. The third kappa shape index (κ3) is 3.44. The van der Waals surface area contributed by atoms with Gasteiger partial charge in [0.1, 0.15) is 0 Å². The van der Waals surface area contributed by atoms with Crippen molar-refractivity contribution in [1.29, 1.82) is 0 Å². The molecule has 0 radical (unpaired) electrons. The Hall–Kier alpha value is -0.800. The van der Waals surface area contributed by atoms with Crippen molar-refractivity contribution in [2.75, 3.05) is 11.6 Å². The Morgan fingerprint density at radius 2 is 1.50 bits per heavy atom. The topological polar surface area (TPSA) is 68.3 Å². The van der Waals surface area contributed by atoms with Crippen molar-refractivity contribution in [2.24, 2.45) is 0 Å². The first kappa shape index (κ1) is 17.3. The summed E-state index contributed by atoms with van der Waals surface area (Å²) in [5.74, 6) is -0.533. The number of hydrogen-bond donors (Lipinski definition) is 0. The molecule has 1 rings (SSSR count). The summed E-state index contributed by atoms with van der Waals surface area (Å²) in [5.41, 5.74) is -5.56. The summed E-state index contributed by atoms with van der Waals surface area (Å²) in [6, 6.07) is 3.64. The third-order valence-electron chi connectivity index (χ3n) is 2.33. The van der Waals surface area contributed by atoms with Crippen LogP contribution in [0, 0.1) is 0 Å². The van der Waals surface area contributed by atoms with Crippen molar-refractivity contribution in [3.63, 3.8) is 0 Å². The number of hydrogen-bond acceptors (Lipinski definition) is 4. The van der Waals surface area contributed by atoms with Gasteiger partial charge in [0.15, 0.2) is 9.84 Å². The van der Waals surface area contributed by atoms with E-state index in [1.54, 1.807) is 0 Å². The summed E-state index contributed by atoms with van der Waals surface area (Å²) in [5, 5.41) is 0. The molecular formula is C10H10ClF3O4S2. The predicted molar refractivity (Wildman–Crippen MR) is 67.1 cm³/mol. The summed E-state index contributed by atoms with van der Waals surface area (Å²) in [4.78, 5) is -2.12. The molecule has 10 heteroatoms. The van der Waals surface area contributed by atoms with E-state index in [0.717, 1.165) is 18.2 Å². The van der Waals surface area contributed by atoms with Gasteiger partial charge in [-0.05, 0) is 18.6 Å². The van der Waals surface area contributed by atoms with Crippen molar-refractivity contribution in [1.82, 2.24) is 0 Å². The molecule has 20 heavy (non-hydrogen) atoms. The Morgan fingerprint density at radius 1 is 1.00 bits per heavy atom. The SMILES string of the molecule is O=S(=O)(CCCCl)c1ccccc1S(=O)(=O)C(F)(F)F. The molecule has 0 heterocycles. The molecule has 0 aliphatic heterocycles. The largest absolute Gasteiger partial charge is 0.501 e. The quantitative estimate of drug-likeness (QED) is 0.765. The molecule has 0 spiro atoms. The van der Waals surface area contributed by atoms with Crippen LogP contribution >= 0.6 is 11.6 Å². The lowest BCUT2D eigenvalue weighted by atomic mass is 10.4. The Kier molecular flexibility index (Phi) is 5.09. The van der Waals surface area contributed by atoms with E-state index in [0.29, 0.717) is 6.07 Å². The summed E-state index contributed by atoms with van der Waals surface area (Å²) in [7, 11) is -9.89. The van der Waals surface area contributed by atoms with Gasteiger partial charge in [-0.2, -0.15) is 13.2 Å². The molecule has 1 aromatic carbocycles. The van der Waals surface area contributed by atoms with Gasteiger partial charge in [0.2, 0.25) is 0 Å². The van der Waals surface area contributed by atoms with Crippen LogP contribution < -0.4 is 0 Å². The van der Waals surface area contributed by atoms with Crippen LogP contribution in [0.1, 0.15) is 6.42 Å². The number of sulfone groups is 2. The average molecular weight is 351 g/mol. The molecule has 0 atom stereocenters. The second kappa shape index (κ2) is 5.90. The fourth-order valence-corrected chi connectivity index (χ4v) is 4.66. The van der Waals surface area contributed by atoms with E-state index in [1.165, 1.54) is 0 Å². The maximum Gasteiger partial charge on any atom is 0.501 e. The first-order valence-electron chi connectivity index (χ1n) is 5.23. The monoisotopic (exact) mass is 350 g/mol. The van der Waals surface area contributed by atoms with Gasteiger partial charge in [0.05, 0.1) is 15.5 Å². The molecule has 0 saturated carbocycles. The Morgan fingerprint density at radius 3 is 1.95 bits per heavy atom. The Balaban J connectivity index is 3.48. The third-order valence-corrected chi connectivity index (χ3v) is 6.12. The van der Waals surface area contributed by atoms with Gasteiger partial charge >= 0.3 is 5.51 Å². The highest BCUT2D eigenvalue weighted by Crippen LogP contribution is 2.34. The van der Waals surface area contributed by atoms with Crippen molar-refractivity contribution in [3.8, 4) is 0 Å². The number of halogens is 4. The van der Waals surface area contributed by atoms with Gasteiger partial charge < -0.3 is 0 Å². The lowest BCUT2D eigenvalue weighted by molar-refractivity contribution is -0.0437. The maximum atomic E-state index is 12.5. The van der Waals surface area contributed by atoms with E-state index < -0.39 is 40.7 Å². The van der Waals surface area contributed by atoms with Crippen LogP contribution in [0.15, 0.2) is 34.1 Å². The zero-order valence-corrected chi connectivity index (χ0v) is 12.3. The minimum absolute atomic E-state index is 0.00425. The molecule has 0 N–H and O–H groups in total. The van der Waals surface area contributed by atoms with Gasteiger partial charge in [-0.15, -0.1) is 11.6 Å². The van der Waals surface area contributed by atoms with Crippen molar-refractivity contribution >= 4 is 31.3 Å². The van der Waals surface area contributed by atoms with Gasteiger partial charge in [0.25, 0.3) is 9.84 Å². The molecule has 0 aromatic heterocycles. The molecule has 114 valence electrons. The zero-order chi connectivity index (χ0) is 15.6. The number of benzene rings is 1. The van der Waals surface area contributed by atoms with E-state index in [9.17, 15) is 30.0 Å². The van der Waals surface area contributed by atoms with Gasteiger partial charge in [-0.3, -0.25) is 0 Å². The molecule has 0 aliphatic carbocycles. The Labute approximate surface area is 119 Å². The van der Waals surface area contributed by atoms with Crippen LogP contribution in [0.3, 0.4) is 0 Å². The lowest BCUT2D eigenvalue weighted by Gasteiger charge is -2.12. The summed E-state index contributed by atoms with van der Waals surface area (Å²) in [6.07, 6.45) is 0.00425. The standard InChI is InChI=1S/C10H10ClF3O4S2/c11-6-3-7-19(15,16)8-4-1-2-5-9(8)20(17,18)10(12,13)14/h1-2,4-5H,3,6-7H2. The maximum absolute atomic E-state index is 12.5. The van der Waals surface area contributed by atoms with E-state index >= 15 is 0 Å². The predicted octanol–water partition coefficient (Wildman–Crippen LogP) is 2.38. The molecule has 1 aromatic rings. The highest BCUT2D eigenvalue weighted by molar-refractivity contribution is 7.95. The summed E-state index contributed by atoms with van der Waals surface area (Å²) in [6.45, 7) is 0. The first-order valence-corrected chi connectivity index (χ1v) is 8.90. The van der Waals surface area contributed by atoms with Crippen molar-refractivity contribution in [2.45, 2.75) is 21.7 Å². The van der Waals surface area contributed by atoms with Crippen LogP contribution in [0.25, 0.3) is 0 Å². The molecule has 0 saturated heterocycles. The Bertz CT molecular complexity index is 681. The van der Waals surface area contributed by atoms with Crippen molar-refractivity contribution in [3.05, 3.63) is 24.3 Å². The van der Waals surface area contributed by atoms with E-state index in [-0.39, 0.29) is 12.3 Å². The van der Waals surface area contributed by atoms with Gasteiger partial charge in [-0.25, -0.2) is 16.8 Å². The molecule has 0 amide bonds. The van der Waals surface area contributed by atoms with Crippen molar-refractivity contribution < 1.29 is 30.0 Å². The summed E-state index contributed by atoms with van der Waals surface area (Å²) >= 11 is 5.33. The minimum Gasteiger partial charge on any atom is -0.224 e. The molecule has 0 aliphatic rings. The van der Waals surface area contributed by atoms with Crippen LogP contribution in [0.2, 0.25) is 0 Å². The lowest BCUT2D eigenvalue weighted by Crippen LogP contribution is -2.25. The highest BCUT2D eigenvalue weighted by Gasteiger charge is 2.48. The van der Waals surface area contributed by atoms with Gasteiger partial charge in [-0.1, -0.05) is 12.1 Å². The second-order valence-corrected chi connectivity index (χ2v) is 8.12. The van der Waals surface area contributed by atoms with Crippen LogP contribution in [-0.2, 0) is 19.7 Å². The van der Waals surface area contributed by atoms with Crippen LogP contribution in [-0.4, -0.2) is 34.0 Å². The molecule has 0 unspecified atom stereocenters. The molecular weight excluding hydrogens is 341 g/mol. The molecule has 4 nitrogen and oxygen atoms in total. The normalized spacial score (nSPS) is 13.4. The number of rotatable bonds is 5. The van der Waals surface area contributed by atoms with Crippen LogP contribution in [0.5, 0.6) is 0 Å². The highest BCUT2D eigenvalue weighted by atomic mass is 35.5. The number of alkyl halides is 4. The fraction of sp³-hybridized carbons (Fsp3) is 0.400. The fourth-order valence-electron chi connectivity index (χ4n) is 1.41.